The molecule has 0 radical (unpaired) electrons. The van der Waals surface area contributed by atoms with E-state index in [1.165, 1.54) is 6.07 Å². The molecule has 4 heteroatoms. The maximum absolute atomic E-state index is 11.8. The highest BCUT2D eigenvalue weighted by Crippen LogP contribution is 2.38. The van der Waals surface area contributed by atoms with Gasteiger partial charge >= 0.3 is 5.97 Å². The summed E-state index contributed by atoms with van der Waals surface area (Å²) in [6, 6.07) is 4.90. The predicted molar refractivity (Wildman–Crippen MR) is 64.0 cm³/mol. The van der Waals surface area contributed by atoms with Crippen molar-refractivity contribution in [2.24, 2.45) is 11.8 Å². The fourth-order valence-electron chi connectivity index (χ4n) is 1.92. The van der Waals surface area contributed by atoms with Crippen LogP contribution in [0.25, 0.3) is 0 Å². The van der Waals surface area contributed by atoms with Crippen molar-refractivity contribution in [3.8, 4) is 0 Å². The van der Waals surface area contributed by atoms with E-state index >= 15 is 0 Å². The zero-order valence-electron chi connectivity index (χ0n) is 9.86. The Morgan fingerprint density at radius 1 is 1.41 bits per heavy atom. The predicted octanol–water partition coefficient (Wildman–Crippen LogP) is 2.29. The molecule has 0 bridgehead atoms. The van der Waals surface area contributed by atoms with Gasteiger partial charge in [0, 0.05) is 11.6 Å². The standard InChI is InChI=1S/C13H15NO3/c1-7-6-10(7)12(15)14-11-5-3-4-9(8(11)2)13(16)17/h3-5,7,10H,6H2,1-2H3,(H,14,15)(H,16,17)/t7-,10-/m0/s1. The van der Waals surface area contributed by atoms with Crippen LogP contribution in [0.4, 0.5) is 5.69 Å². The monoisotopic (exact) mass is 233 g/mol. The number of carbonyl (C=O) groups excluding carboxylic acids is 1. The van der Waals surface area contributed by atoms with E-state index in [0.29, 0.717) is 17.2 Å². The lowest BCUT2D eigenvalue weighted by Gasteiger charge is -2.10. The summed E-state index contributed by atoms with van der Waals surface area (Å²) in [4.78, 5) is 22.7. The fraction of sp³-hybridized carbons (Fsp3) is 0.385. The first-order chi connectivity index (χ1) is 8.00. The quantitative estimate of drug-likeness (QED) is 0.841. The van der Waals surface area contributed by atoms with Crippen molar-refractivity contribution < 1.29 is 14.7 Å². The summed E-state index contributed by atoms with van der Waals surface area (Å²) in [5.41, 5.74) is 1.42. The lowest BCUT2D eigenvalue weighted by atomic mass is 10.1. The second-order valence-electron chi connectivity index (χ2n) is 4.59. The summed E-state index contributed by atoms with van der Waals surface area (Å²) in [5, 5.41) is 11.8. The number of carboxylic acid groups (broad SMARTS) is 1. The first kappa shape index (κ1) is 11.6. The molecule has 0 heterocycles. The second kappa shape index (κ2) is 4.20. The van der Waals surface area contributed by atoms with E-state index < -0.39 is 5.97 Å². The Morgan fingerprint density at radius 3 is 2.59 bits per heavy atom. The molecule has 90 valence electrons. The van der Waals surface area contributed by atoms with E-state index in [1.807, 2.05) is 6.92 Å². The van der Waals surface area contributed by atoms with Gasteiger partial charge in [0.1, 0.15) is 0 Å². The van der Waals surface area contributed by atoms with Crippen molar-refractivity contribution >= 4 is 17.6 Å². The minimum absolute atomic E-state index is 0.0110. The molecule has 2 atom stereocenters. The van der Waals surface area contributed by atoms with Crippen molar-refractivity contribution in [3.05, 3.63) is 29.3 Å². The van der Waals surface area contributed by atoms with Crippen LogP contribution in [0.2, 0.25) is 0 Å². The van der Waals surface area contributed by atoms with Gasteiger partial charge in [-0.3, -0.25) is 4.79 Å². The minimum Gasteiger partial charge on any atom is -0.478 e. The fourth-order valence-corrected chi connectivity index (χ4v) is 1.92. The Kier molecular flexibility index (Phi) is 2.88. The maximum Gasteiger partial charge on any atom is 0.336 e. The molecule has 17 heavy (non-hydrogen) atoms. The highest BCUT2D eigenvalue weighted by molar-refractivity contribution is 5.97. The number of carboxylic acids is 1. The molecule has 0 spiro atoms. The summed E-state index contributed by atoms with van der Waals surface area (Å²) in [6.07, 6.45) is 0.920. The summed E-state index contributed by atoms with van der Waals surface area (Å²) < 4.78 is 0. The zero-order chi connectivity index (χ0) is 12.6. The Labute approximate surface area is 99.6 Å². The van der Waals surface area contributed by atoms with Crippen LogP contribution in [0.1, 0.15) is 29.3 Å². The van der Waals surface area contributed by atoms with Gasteiger partial charge < -0.3 is 10.4 Å². The van der Waals surface area contributed by atoms with E-state index in [0.717, 1.165) is 6.42 Å². The molecule has 0 aromatic heterocycles. The highest BCUT2D eigenvalue weighted by atomic mass is 16.4. The summed E-state index contributed by atoms with van der Waals surface area (Å²) >= 11 is 0. The smallest absolute Gasteiger partial charge is 0.336 e. The number of hydrogen-bond acceptors (Lipinski definition) is 2. The van der Waals surface area contributed by atoms with Crippen molar-refractivity contribution in [1.82, 2.24) is 0 Å². The minimum atomic E-state index is -0.974. The lowest BCUT2D eigenvalue weighted by Crippen LogP contribution is -2.16. The van der Waals surface area contributed by atoms with Crippen LogP contribution in [0.5, 0.6) is 0 Å². The van der Waals surface area contributed by atoms with E-state index in [4.69, 9.17) is 5.11 Å². The van der Waals surface area contributed by atoms with Gasteiger partial charge in [-0.2, -0.15) is 0 Å². The van der Waals surface area contributed by atoms with Crippen LogP contribution >= 0.6 is 0 Å². The van der Waals surface area contributed by atoms with Crippen LogP contribution in [-0.2, 0) is 4.79 Å². The van der Waals surface area contributed by atoms with Crippen LogP contribution < -0.4 is 5.32 Å². The van der Waals surface area contributed by atoms with E-state index in [9.17, 15) is 9.59 Å². The molecular weight excluding hydrogens is 218 g/mol. The number of aromatic carboxylic acids is 1. The van der Waals surface area contributed by atoms with Gasteiger partial charge in [0.2, 0.25) is 5.91 Å². The highest BCUT2D eigenvalue weighted by Gasteiger charge is 2.39. The van der Waals surface area contributed by atoms with Gasteiger partial charge in [0.25, 0.3) is 0 Å². The number of rotatable bonds is 3. The van der Waals surface area contributed by atoms with Gasteiger partial charge in [-0.1, -0.05) is 13.0 Å². The zero-order valence-corrected chi connectivity index (χ0v) is 9.86. The summed E-state index contributed by atoms with van der Waals surface area (Å²) in [5.74, 6) is -0.456. The largest absolute Gasteiger partial charge is 0.478 e. The molecule has 1 aromatic carbocycles. The third-order valence-electron chi connectivity index (χ3n) is 3.27. The Bertz CT molecular complexity index is 482. The molecule has 0 unspecified atom stereocenters. The van der Waals surface area contributed by atoms with Crippen molar-refractivity contribution in [1.29, 1.82) is 0 Å². The van der Waals surface area contributed by atoms with Gasteiger partial charge in [-0.05, 0) is 37.0 Å². The molecule has 0 saturated heterocycles. The molecular formula is C13H15NO3. The van der Waals surface area contributed by atoms with E-state index in [-0.39, 0.29) is 17.4 Å². The average molecular weight is 233 g/mol. The van der Waals surface area contributed by atoms with Crippen molar-refractivity contribution in [2.75, 3.05) is 5.32 Å². The molecule has 2 rings (SSSR count). The molecule has 1 fully saturated rings. The van der Waals surface area contributed by atoms with Crippen LogP contribution in [-0.4, -0.2) is 17.0 Å². The normalized spacial score (nSPS) is 22.0. The van der Waals surface area contributed by atoms with Crippen molar-refractivity contribution in [2.45, 2.75) is 20.3 Å². The lowest BCUT2D eigenvalue weighted by molar-refractivity contribution is -0.117. The first-order valence-corrected chi connectivity index (χ1v) is 5.64. The molecule has 4 nitrogen and oxygen atoms in total. The summed E-state index contributed by atoms with van der Waals surface area (Å²) in [6.45, 7) is 3.74. The molecule has 1 saturated carbocycles. The maximum atomic E-state index is 11.8. The SMILES string of the molecule is Cc1c(NC(=O)[C@H]2C[C@@H]2C)cccc1C(=O)O. The molecule has 0 aliphatic heterocycles. The number of nitrogens with one attached hydrogen (secondary N) is 1. The van der Waals surface area contributed by atoms with Gasteiger partial charge in [0.05, 0.1) is 5.56 Å². The van der Waals surface area contributed by atoms with Crippen LogP contribution in [0.3, 0.4) is 0 Å². The van der Waals surface area contributed by atoms with Gasteiger partial charge in [0.15, 0.2) is 0 Å². The van der Waals surface area contributed by atoms with Gasteiger partial charge in [-0.25, -0.2) is 4.79 Å². The number of hydrogen-bond donors (Lipinski definition) is 2. The molecule has 2 N–H and O–H groups in total. The number of amides is 1. The topological polar surface area (TPSA) is 66.4 Å². The van der Waals surface area contributed by atoms with Crippen LogP contribution in [0.15, 0.2) is 18.2 Å². The third kappa shape index (κ3) is 2.30. The van der Waals surface area contributed by atoms with E-state index in [2.05, 4.69) is 5.32 Å². The Morgan fingerprint density at radius 2 is 2.06 bits per heavy atom. The Balaban J connectivity index is 2.18. The van der Waals surface area contributed by atoms with Crippen LogP contribution in [0, 0.1) is 18.8 Å². The number of benzene rings is 1. The Hall–Kier alpha value is -1.84. The third-order valence-corrected chi connectivity index (χ3v) is 3.27. The summed E-state index contributed by atoms with van der Waals surface area (Å²) in [7, 11) is 0. The van der Waals surface area contributed by atoms with Crippen molar-refractivity contribution in [3.63, 3.8) is 0 Å². The molecule has 1 amide bonds. The number of anilines is 1. The average Bonchev–Trinajstić information content (AvgIpc) is 2.98. The molecule has 1 aliphatic carbocycles. The van der Waals surface area contributed by atoms with Gasteiger partial charge in [-0.15, -0.1) is 0 Å². The molecule has 1 aromatic rings. The molecule has 1 aliphatic rings. The first-order valence-electron chi connectivity index (χ1n) is 5.64. The number of carbonyl (C=O) groups is 2. The van der Waals surface area contributed by atoms with E-state index in [1.54, 1.807) is 19.1 Å². The second-order valence-corrected chi connectivity index (χ2v) is 4.59.